The molecule has 1 aliphatic rings. The Labute approximate surface area is 167 Å². The van der Waals surface area contributed by atoms with Crippen molar-refractivity contribution in [2.75, 3.05) is 11.9 Å². The number of non-ortho nitro benzene ring substituents is 1. The second-order valence-electron chi connectivity index (χ2n) is 6.77. The van der Waals surface area contributed by atoms with E-state index in [0.29, 0.717) is 11.3 Å². The molecule has 146 valence electrons. The fraction of sp³-hybridized carbons (Fsp3) is 0.182. The van der Waals surface area contributed by atoms with Crippen molar-refractivity contribution in [1.29, 1.82) is 0 Å². The quantitative estimate of drug-likeness (QED) is 0.400. The van der Waals surface area contributed by atoms with Crippen LogP contribution in [0, 0.1) is 10.1 Å². The number of rotatable bonds is 4. The van der Waals surface area contributed by atoms with Crippen molar-refractivity contribution < 1.29 is 14.5 Å². The van der Waals surface area contributed by atoms with E-state index in [1.54, 1.807) is 25.3 Å². The molecule has 4 rings (SSSR count). The third kappa shape index (κ3) is 3.20. The number of allylic oxidation sites excluding steroid dienone is 1. The molecule has 0 aliphatic carbocycles. The Kier molecular flexibility index (Phi) is 4.72. The molecular formula is C22H19N3O4. The second-order valence-corrected chi connectivity index (χ2v) is 6.77. The maximum atomic E-state index is 12.8. The van der Waals surface area contributed by atoms with E-state index in [-0.39, 0.29) is 12.3 Å². The highest BCUT2D eigenvalue weighted by atomic mass is 16.6. The number of aromatic nitrogens is 1. The van der Waals surface area contributed by atoms with Gasteiger partial charge in [-0.25, -0.2) is 4.79 Å². The minimum Gasteiger partial charge on any atom is -0.463 e. The zero-order valence-corrected chi connectivity index (χ0v) is 16.0. The summed E-state index contributed by atoms with van der Waals surface area (Å²) in [5.74, 6) is -0.829. The molecule has 1 atom stereocenters. The van der Waals surface area contributed by atoms with Gasteiger partial charge in [0.15, 0.2) is 0 Å². The Hall–Kier alpha value is -3.74. The van der Waals surface area contributed by atoms with Gasteiger partial charge in [-0.3, -0.25) is 15.1 Å². The Morgan fingerprint density at radius 2 is 1.97 bits per heavy atom. The Bertz CT molecular complexity index is 1150. The number of pyridine rings is 1. The summed E-state index contributed by atoms with van der Waals surface area (Å²) in [4.78, 5) is 27.9. The van der Waals surface area contributed by atoms with Crippen LogP contribution in [0.25, 0.3) is 10.9 Å². The molecule has 7 heteroatoms. The van der Waals surface area contributed by atoms with E-state index in [2.05, 4.69) is 10.3 Å². The van der Waals surface area contributed by atoms with Crippen molar-refractivity contribution in [3.05, 3.63) is 87.2 Å². The van der Waals surface area contributed by atoms with E-state index in [1.807, 2.05) is 31.2 Å². The summed E-state index contributed by atoms with van der Waals surface area (Å²) in [5.41, 5.74) is 4.45. The van der Waals surface area contributed by atoms with E-state index in [0.717, 1.165) is 27.7 Å². The summed E-state index contributed by atoms with van der Waals surface area (Å²) < 4.78 is 5.31. The van der Waals surface area contributed by atoms with Crippen LogP contribution in [0.15, 0.2) is 66.0 Å². The summed E-state index contributed by atoms with van der Waals surface area (Å²) in [6, 6.07) is 14.1. The molecule has 3 aromatic rings. The van der Waals surface area contributed by atoms with Crippen LogP contribution < -0.4 is 5.32 Å². The lowest BCUT2D eigenvalue weighted by Gasteiger charge is -2.30. The van der Waals surface area contributed by atoms with Crippen LogP contribution in [0.5, 0.6) is 0 Å². The number of nitrogens with one attached hydrogen (secondary N) is 1. The second kappa shape index (κ2) is 7.35. The first-order valence-electron chi connectivity index (χ1n) is 9.28. The Balaban J connectivity index is 1.94. The van der Waals surface area contributed by atoms with Crippen LogP contribution in [0.4, 0.5) is 11.4 Å². The lowest BCUT2D eigenvalue weighted by molar-refractivity contribution is -0.384. The van der Waals surface area contributed by atoms with Crippen molar-refractivity contribution in [1.82, 2.24) is 4.98 Å². The van der Waals surface area contributed by atoms with E-state index in [1.165, 1.54) is 12.1 Å². The highest BCUT2D eigenvalue weighted by molar-refractivity contribution is 6.00. The van der Waals surface area contributed by atoms with Gasteiger partial charge in [0, 0.05) is 35.3 Å². The highest BCUT2D eigenvalue weighted by Crippen LogP contribution is 2.44. The average Bonchev–Trinajstić information content (AvgIpc) is 2.73. The average molecular weight is 389 g/mol. The normalized spacial score (nSPS) is 15.6. The molecule has 0 spiro atoms. The molecule has 0 bridgehead atoms. The molecular weight excluding hydrogens is 370 g/mol. The van der Waals surface area contributed by atoms with Crippen LogP contribution in [0.3, 0.4) is 0 Å². The van der Waals surface area contributed by atoms with Crippen LogP contribution >= 0.6 is 0 Å². The van der Waals surface area contributed by atoms with Crippen LogP contribution in [-0.2, 0) is 9.53 Å². The zero-order chi connectivity index (χ0) is 20.5. The topological polar surface area (TPSA) is 94.4 Å². The lowest BCUT2D eigenvalue weighted by Crippen LogP contribution is -2.24. The number of hydrogen-bond donors (Lipinski definition) is 1. The number of anilines is 1. The van der Waals surface area contributed by atoms with Crippen LogP contribution in [0.1, 0.15) is 30.9 Å². The fourth-order valence-electron chi connectivity index (χ4n) is 3.77. The van der Waals surface area contributed by atoms with E-state index in [4.69, 9.17) is 4.74 Å². The third-order valence-corrected chi connectivity index (χ3v) is 5.06. The Morgan fingerprint density at radius 3 is 2.66 bits per heavy atom. The molecule has 1 unspecified atom stereocenters. The first-order valence-corrected chi connectivity index (χ1v) is 9.28. The molecule has 2 heterocycles. The number of nitro benzene ring substituents is 1. The number of fused-ring (bicyclic) bond motifs is 3. The fourth-order valence-corrected chi connectivity index (χ4v) is 3.77. The monoisotopic (exact) mass is 389 g/mol. The Morgan fingerprint density at radius 1 is 1.21 bits per heavy atom. The maximum Gasteiger partial charge on any atom is 0.336 e. The van der Waals surface area contributed by atoms with Gasteiger partial charge < -0.3 is 10.1 Å². The van der Waals surface area contributed by atoms with E-state index >= 15 is 0 Å². The molecule has 0 saturated carbocycles. The van der Waals surface area contributed by atoms with Gasteiger partial charge in [0.1, 0.15) is 0 Å². The van der Waals surface area contributed by atoms with E-state index in [9.17, 15) is 14.9 Å². The summed E-state index contributed by atoms with van der Waals surface area (Å²) in [6.45, 7) is 3.85. The molecule has 29 heavy (non-hydrogen) atoms. The molecule has 7 nitrogen and oxygen atoms in total. The molecule has 1 aliphatic heterocycles. The molecule has 0 radical (unpaired) electrons. The van der Waals surface area contributed by atoms with Gasteiger partial charge >= 0.3 is 5.97 Å². The van der Waals surface area contributed by atoms with Crippen molar-refractivity contribution in [2.45, 2.75) is 19.8 Å². The predicted octanol–water partition coefficient (Wildman–Crippen LogP) is 4.54. The SMILES string of the molecule is CCOC(=O)C1=C(C)Nc2c(ccc3cccnc23)C1c1ccc([N+](=O)[O-])cc1. The number of benzene rings is 2. The van der Waals surface area contributed by atoms with Crippen LogP contribution in [-0.4, -0.2) is 22.5 Å². The van der Waals surface area contributed by atoms with Gasteiger partial charge in [-0.2, -0.15) is 0 Å². The summed E-state index contributed by atoms with van der Waals surface area (Å²) in [5, 5.41) is 15.4. The molecule has 1 N–H and O–H groups in total. The molecule has 2 aromatic carbocycles. The van der Waals surface area contributed by atoms with Crippen molar-refractivity contribution >= 4 is 28.2 Å². The van der Waals surface area contributed by atoms with Gasteiger partial charge in [-0.1, -0.05) is 30.3 Å². The third-order valence-electron chi connectivity index (χ3n) is 5.06. The minimum absolute atomic E-state index is 0.00136. The number of nitro groups is 1. The molecule has 0 saturated heterocycles. The van der Waals surface area contributed by atoms with E-state index < -0.39 is 16.8 Å². The number of ether oxygens (including phenoxy) is 1. The lowest BCUT2D eigenvalue weighted by atomic mass is 9.80. The van der Waals surface area contributed by atoms with Gasteiger partial charge in [0.05, 0.1) is 28.3 Å². The van der Waals surface area contributed by atoms with Crippen molar-refractivity contribution in [3.63, 3.8) is 0 Å². The number of nitrogens with zero attached hydrogens (tertiary/aromatic N) is 2. The standard InChI is InChI=1S/C22H19N3O4/c1-3-29-22(26)18-13(2)24-21-17(11-8-15-5-4-12-23-20(15)21)19(18)14-6-9-16(10-7-14)25(27)28/h4-12,19,24H,3H2,1-2H3. The number of carbonyl (C=O) groups excluding carboxylic acids is 1. The molecule has 0 amide bonds. The molecule has 1 aromatic heterocycles. The summed E-state index contributed by atoms with van der Waals surface area (Å²) >= 11 is 0. The first-order chi connectivity index (χ1) is 14.0. The van der Waals surface area contributed by atoms with Gasteiger partial charge in [-0.05, 0) is 31.0 Å². The van der Waals surface area contributed by atoms with Gasteiger partial charge in [0.2, 0.25) is 0 Å². The number of esters is 1. The molecule has 0 fully saturated rings. The zero-order valence-electron chi connectivity index (χ0n) is 16.0. The number of carbonyl (C=O) groups is 1. The summed E-state index contributed by atoms with van der Waals surface area (Å²) in [6.07, 6.45) is 1.73. The largest absolute Gasteiger partial charge is 0.463 e. The van der Waals surface area contributed by atoms with Crippen LogP contribution in [0.2, 0.25) is 0 Å². The minimum atomic E-state index is -0.440. The van der Waals surface area contributed by atoms with Crippen molar-refractivity contribution in [3.8, 4) is 0 Å². The number of hydrogen-bond acceptors (Lipinski definition) is 6. The predicted molar refractivity (Wildman–Crippen MR) is 110 cm³/mol. The maximum absolute atomic E-state index is 12.8. The summed E-state index contributed by atoms with van der Waals surface area (Å²) in [7, 11) is 0. The first kappa shape index (κ1) is 18.6. The van der Waals surface area contributed by atoms with Crippen molar-refractivity contribution in [2.24, 2.45) is 0 Å². The smallest absolute Gasteiger partial charge is 0.336 e. The van der Waals surface area contributed by atoms with Gasteiger partial charge in [-0.15, -0.1) is 0 Å². The van der Waals surface area contributed by atoms with Gasteiger partial charge in [0.25, 0.3) is 5.69 Å². The highest BCUT2D eigenvalue weighted by Gasteiger charge is 2.34.